The number of hydrogen-bond donors (Lipinski definition) is 2. The quantitative estimate of drug-likeness (QED) is 0.670. The van der Waals surface area contributed by atoms with Crippen LogP contribution in [0.2, 0.25) is 5.02 Å². The molecule has 21 heavy (non-hydrogen) atoms. The summed E-state index contributed by atoms with van der Waals surface area (Å²) in [6, 6.07) is 3.92. The summed E-state index contributed by atoms with van der Waals surface area (Å²) in [6.07, 6.45) is 3.48. The second kappa shape index (κ2) is 5.67. The van der Waals surface area contributed by atoms with Crippen LogP contribution in [0.15, 0.2) is 18.3 Å². The Bertz CT molecular complexity index is 668. The van der Waals surface area contributed by atoms with Crippen molar-refractivity contribution in [2.75, 3.05) is 6.61 Å². The van der Waals surface area contributed by atoms with Gasteiger partial charge in [0.05, 0.1) is 18.8 Å². The number of aryl methyl sites for hydroxylation is 1. The molecule has 2 aromatic rings. The van der Waals surface area contributed by atoms with E-state index in [1.807, 2.05) is 37.0 Å². The second-order valence-electron chi connectivity index (χ2n) is 5.38. The molecule has 0 saturated heterocycles. The maximum atomic E-state index is 6.21. The van der Waals surface area contributed by atoms with Crippen molar-refractivity contribution in [1.29, 1.82) is 0 Å². The summed E-state index contributed by atoms with van der Waals surface area (Å²) in [5.74, 6) is 6.71. The molecule has 0 fully saturated rings. The molecule has 1 aromatic carbocycles. The molecule has 2 heterocycles. The predicted octanol–water partition coefficient (Wildman–Crippen LogP) is 2.06. The highest BCUT2D eigenvalue weighted by Gasteiger charge is 2.22. The van der Waals surface area contributed by atoms with Gasteiger partial charge in [-0.05, 0) is 36.6 Å². The maximum Gasteiger partial charge on any atom is 0.125 e. The lowest BCUT2D eigenvalue weighted by molar-refractivity contribution is 0.351. The molecular formula is C15H19ClN4O. The van der Waals surface area contributed by atoms with Crippen molar-refractivity contribution < 1.29 is 4.74 Å². The minimum absolute atomic E-state index is 0.0227. The van der Waals surface area contributed by atoms with E-state index in [0.29, 0.717) is 6.42 Å². The van der Waals surface area contributed by atoms with Gasteiger partial charge in [0.2, 0.25) is 0 Å². The average molecular weight is 307 g/mol. The van der Waals surface area contributed by atoms with Gasteiger partial charge in [0.15, 0.2) is 0 Å². The van der Waals surface area contributed by atoms with Crippen LogP contribution < -0.4 is 16.0 Å². The molecule has 1 aliphatic heterocycles. The van der Waals surface area contributed by atoms with E-state index < -0.39 is 0 Å². The molecule has 112 valence electrons. The van der Waals surface area contributed by atoms with Crippen LogP contribution >= 0.6 is 11.6 Å². The Labute approximate surface area is 129 Å². The zero-order valence-corrected chi connectivity index (χ0v) is 12.9. The molecular weight excluding hydrogens is 288 g/mol. The van der Waals surface area contributed by atoms with E-state index in [0.717, 1.165) is 40.6 Å². The van der Waals surface area contributed by atoms with E-state index in [1.54, 1.807) is 0 Å². The number of halogens is 1. The number of nitrogens with one attached hydrogen (secondary N) is 1. The van der Waals surface area contributed by atoms with Gasteiger partial charge in [0, 0.05) is 29.7 Å². The molecule has 1 unspecified atom stereocenters. The van der Waals surface area contributed by atoms with Gasteiger partial charge in [-0.2, -0.15) is 5.10 Å². The Kier molecular flexibility index (Phi) is 3.89. The first kappa shape index (κ1) is 14.4. The van der Waals surface area contributed by atoms with Gasteiger partial charge in [-0.1, -0.05) is 11.6 Å². The minimum atomic E-state index is -0.0227. The van der Waals surface area contributed by atoms with E-state index in [-0.39, 0.29) is 6.04 Å². The molecule has 0 amide bonds. The smallest absolute Gasteiger partial charge is 0.125 e. The molecule has 0 radical (unpaired) electrons. The summed E-state index contributed by atoms with van der Waals surface area (Å²) in [6.45, 7) is 2.75. The summed E-state index contributed by atoms with van der Waals surface area (Å²) in [5.41, 5.74) is 7.33. The van der Waals surface area contributed by atoms with Crippen LogP contribution in [-0.2, 0) is 19.9 Å². The molecule has 0 aliphatic carbocycles. The van der Waals surface area contributed by atoms with Crippen molar-refractivity contribution in [3.8, 4) is 5.75 Å². The third-order valence-corrected chi connectivity index (χ3v) is 4.32. The zero-order chi connectivity index (χ0) is 15.0. The molecule has 3 rings (SSSR count). The topological polar surface area (TPSA) is 65.1 Å². The fourth-order valence-corrected chi connectivity index (χ4v) is 3.10. The molecule has 0 bridgehead atoms. The van der Waals surface area contributed by atoms with Gasteiger partial charge in [0.1, 0.15) is 5.75 Å². The summed E-state index contributed by atoms with van der Waals surface area (Å²) in [5, 5.41) is 5.02. The summed E-state index contributed by atoms with van der Waals surface area (Å²) >= 11 is 6.21. The minimum Gasteiger partial charge on any atom is -0.493 e. The Balaban J connectivity index is 1.93. The molecule has 1 aliphatic rings. The van der Waals surface area contributed by atoms with Crippen LogP contribution in [0, 0.1) is 6.92 Å². The number of fused-ring (bicyclic) bond motifs is 1. The van der Waals surface area contributed by atoms with Gasteiger partial charge in [-0.3, -0.25) is 16.0 Å². The number of benzene rings is 1. The zero-order valence-electron chi connectivity index (χ0n) is 12.2. The van der Waals surface area contributed by atoms with Crippen molar-refractivity contribution in [3.05, 3.63) is 45.7 Å². The summed E-state index contributed by atoms with van der Waals surface area (Å²) < 4.78 is 7.60. The van der Waals surface area contributed by atoms with E-state index in [4.69, 9.17) is 22.2 Å². The molecule has 1 atom stereocenters. The highest BCUT2D eigenvalue weighted by molar-refractivity contribution is 6.30. The standard InChI is InChI=1S/C15H19ClN4O/c1-9-13(8-18-20(9)2)14(19-17)7-11-6-12(16)5-10-3-4-21-15(10)11/h5-6,8,14,19H,3-4,7,17H2,1-2H3. The van der Waals surface area contributed by atoms with E-state index >= 15 is 0 Å². The summed E-state index contributed by atoms with van der Waals surface area (Å²) in [4.78, 5) is 0. The number of nitrogens with two attached hydrogens (primary N) is 1. The first-order valence-corrected chi connectivity index (χ1v) is 7.36. The number of nitrogens with zero attached hydrogens (tertiary/aromatic N) is 2. The number of ether oxygens (including phenoxy) is 1. The molecule has 6 heteroatoms. The van der Waals surface area contributed by atoms with Gasteiger partial charge >= 0.3 is 0 Å². The third kappa shape index (κ3) is 2.64. The first-order valence-electron chi connectivity index (χ1n) is 6.99. The molecule has 1 aromatic heterocycles. The van der Waals surface area contributed by atoms with Gasteiger partial charge < -0.3 is 4.74 Å². The lowest BCUT2D eigenvalue weighted by Gasteiger charge is -2.18. The number of hydrazine groups is 1. The van der Waals surface area contributed by atoms with Gasteiger partial charge in [-0.25, -0.2) is 0 Å². The van der Waals surface area contributed by atoms with Crippen LogP contribution in [0.5, 0.6) is 5.75 Å². The molecule has 3 N–H and O–H groups in total. The van der Waals surface area contributed by atoms with Gasteiger partial charge in [-0.15, -0.1) is 0 Å². The summed E-state index contributed by atoms with van der Waals surface area (Å²) in [7, 11) is 1.92. The van der Waals surface area contributed by atoms with E-state index in [2.05, 4.69) is 10.5 Å². The lowest BCUT2D eigenvalue weighted by Crippen LogP contribution is -2.30. The SMILES string of the molecule is Cc1c(C(Cc2cc(Cl)cc3c2OCC3)NN)cnn1C. The van der Waals surface area contributed by atoms with Crippen LogP contribution in [0.4, 0.5) is 0 Å². The first-order chi connectivity index (χ1) is 10.1. The Morgan fingerprint density at radius 2 is 2.33 bits per heavy atom. The fourth-order valence-electron chi connectivity index (χ4n) is 2.83. The van der Waals surface area contributed by atoms with Crippen molar-refractivity contribution in [1.82, 2.24) is 15.2 Å². The average Bonchev–Trinajstić information content (AvgIpc) is 3.04. The normalized spacial score (nSPS) is 14.9. The third-order valence-electron chi connectivity index (χ3n) is 4.10. The van der Waals surface area contributed by atoms with Crippen LogP contribution in [0.25, 0.3) is 0 Å². The number of rotatable bonds is 4. The van der Waals surface area contributed by atoms with Crippen LogP contribution in [-0.4, -0.2) is 16.4 Å². The van der Waals surface area contributed by atoms with Crippen molar-refractivity contribution >= 4 is 11.6 Å². The van der Waals surface area contributed by atoms with Crippen LogP contribution in [0.1, 0.15) is 28.4 Å². The largest absolute Gasteiger partial charge is 0.493 e. The number of aromatic nitrogens is 2. The fraction of sp³-hybridized carbons (Fsp3) is 0.400. The number of hydrogen-bond acceptors (Lipinski definition) is 4. The maximum absolute atomic E-state index is 6.21. The Morgan fingerprint density at radius 3 is 3.00 bits per heavy atom. The van der Waals surface area contributed by atoms with E-state index in [1.165, 1.54) is 5.56 Å². The molecule has 0 saturated carbocycles. The van der Waals surface area contributed by atoms with Gasteiger partial charge in [0.25, 0.3) is 0 Å². The Hall–Kier alpha value is -1.56. The molecule has 5 nitrogen and oxygen atoms in total. The highest BCUT2D eigenvalue weighted by atomic mass is 35.5. The second-order valence-corrected chi connectivity index (χ2v) is 5.82. The van der Waals surface area contributed by atoms with Crippen molar-refractivity contribution in [2.24, 2.45) is 12.9 Å². The highest BCUT2D eigenvalue weighted by Crippen LogP contribution is 2.35. The Morgan fingerprint density at radius 1 is 1.52 bits per heavy atom. The van der Waals surface area contributed by atoms with Crippen molar-refractivity contribution in [3.63, 3.8) is 0 Å². The lowest BCUT2D eigenvalue weighted by atomic mass is 9.97. The van der Waals surface area contributed by atoms with Crippen molar-refractivity contribution in [2.45, 2.75) is 25.8 Å². The van der Waals surface area contributed by atoms with E-state index in [9.17, 15) is 0 Å². The predicted molar refractivity (Wildman–Crippen MR) is 82.4 cm³/mol. The molecule has 0 spiro atoms. The van der Waals surface area contributed by atoms with Crippen LogP contribution in [0.3, 0.4) is 0 Å². The monoisotopic (exact) mass is 306 g/mol.